The topological polar surface area (TPSA) is 84.2 Å². The molecule has 0 saturated carbocycles. The number of nitrogens with one attached hydrogen (secondary N) is 2. The lowest BCUT2D eigenvalue weighted by Crippen LogP contribution is -2.30. The molecule has 0 atom stereocenters. The van der Waals surface area contributed by atoms with Crippen LogP contribution in [0.3, 0.4) is 0 Å². The Balaban J connectivity index is 1.99. The lowest BCUT2D eigenvalue weighted by molar-refractivity contribution is -0.117. The molecule has 5 nitrogen and oxygen atoms in total. The standard InChI is InChI=1S/C14H18FN3O2/c15-11-2-1-10(14(16)20)8-12(11)18-13(19)7-9-3-5-17-6-4-9/h1-2,8-9,17H,3-7H2,(H2,16,20)(H,18,19). The van der Waals surface area contributed by atoms with Crippen molar-refractivity contribution in [3.05, 3.63) is 29.6 Å². The molecular formula is C14H18FN3O2. The van der Waals surface area contributed by atoms with E-state index in [0.717, 1.165) is 32.0 Å². The summed E-state index contributed by atoms with van der Waals surface area (Å²) in [7, 11) is 0. The molecule has 0 unspecified atom stereocenters. The van der Waals surface area contributed by atoms with Crippen molar-refractivity contribution < 1.29 is 14.0 Å². The molecule has 4 N–H and O–H groups in total. The first-order valence-corrected chi connectivity index (χ1v) is 6.66. The second-order valence-electron chi connectivity index (χ2n) is 5.00. The van der Waals surface area contributed by atoms with Gasteiger partial charge in [0.1, 0.15) is 5.82 Å². The fourth-order valence-electron chi connectivity index (χ4n) is 2.32. The minimum absolute atomic E-state index is 0.000217. The van der Waals surface area contributed by atoms with E-state index in [0.29, 0.717) is 12.3 Å². The molecule has 20 heavy (non-hydrogen) atoms. The number of rotatable bonds is 4. The number of carbonyl (C=O) groups excluding carboxylic acids is 2. The van der Waals surface area contributed by atoms with Crippen molar-refractivity contribution in [3.8, 4) is 0 Å². The average molecular weight is 279 g/mol. The van der Waals surface area contributed by atoms with Crippen LogP contribution >= 0.6 is 0 Å². The number of hydrogen-bond donors (Lipinski definition) is 3. The van der Waals surface area contributed by atoms with Crippen molar-refractivity contribution in [2.45, 2.75) is 19.3 Å². The monoisotopic (exact) mass is 279 g/mol. The minimum Gasteiger partial charge on any atom is -0.366 e. The quantitative estimate of drug-likeness (QED) is 0.775. The summed E-state index contributed by atoms with van der Waals surface area (Å²) < 4.78 is 13.6. The first-order valence-electron chi connectivity index (χ1n) is 6.66. The molecule has 1 aliphatic heterocycles. The van der Waals surface area contributed by atoms with Gasteiger partial charge in [-0.1, -0.05) is 0 Å². The van der Waals surface area contributed by atoms with Crippen molar-refractivity contribution in [3.63, 3.8) is 0 Å². The largest absolute Gasteiger partial charge is 0.366 e. The highest BCUT2D eigenvalue weighted by molar-refractivity contribution is 5.96. The maximum Gasteiger partial charge on any atom is 0.248 e. The molecule has 0 bridgehead atoms. The summed E-state index contributed by atoms with van der Waals surface area (Å²) >= 11 is 0. The van der Waals surface area contributed by atoms with Crippen LogP contribution in [0.15, 0.2) is 18.2 Å². The second-order valence-corrected chi connectivity index (χ2v) is 5.00. The van der Waals surface area contributed by atoms with Gasteiger partial charge in [0.15, 0.2) is 0 Å². The van der Waals surface area contributed by atoms with Crippen LogP contribution in [0.2, 0.25) is 0 Å². The van der Waals surface area contributed by atoms with Gasteiger partial charge in [0.25, 0.3) is 0 Å². The summed E-state index contributed by atoms with van der Waals surface area (Å²) in [6, 6.07) is 3.68. The van der Waals surface area contributed by atoms with Crippen molar-refractivity contribution in [2.75, 3.05) is 18.4 Å². The maximum atomic E-state index is 13.6. The zero-order valence-electron chi connectivity index (χ0n) is 11.1. The Bertz CT molecular complexity index is 513. The molecule has 1 aromatic carbocycles. The van der Waals surface area contributed by atoms with Gasteiger partial charge in [-0.2, -0.15) is 0 Å². The van der Waals surface area contributed by atoms with Gasteiger partial charge in [-0.05, 0) is 50.0 Å². The van der Waals surface area contributed by atoms with Crippen LogP contribution in [0.4, 0.5) is 10.1 Å². The van der Waals surface area contributed by atoms with E-state index in [4.69, 9.17) is 5.73 Å². The van der Waals surface area contributed by atoms with Crippen molar-refractivity contribution in [1.29, 1.82) is 0 Å². The number of carbonyl (C=O) groups is 2. The van der Waals surface area contributed by atoms with E-state index in [-0.39, 0.29) is 17.2 Å². The molecule has 0 radical (unpaired) electrons. The molecule has 1 aliphatic rings. The van der Waals surface area contributed by atoms with Crippen molar-refractivity contribution >= 4 is 17.5 Å². The molecule has 6 heteroatoms. The summed E-state index contributed by atoms with van der Waals surface area (Å²) in [5.41, 5.74) is 5.30. The summed E-state index contributed by atoms with van der Waals surface area (Å²) in [6.07, 6.45) is 2.25. The molecule has 1 fully saturated rings. The fraction of sp³-hybridized carbons (Fsp3) is 0.429. The van der Waals surface area contributed by atoms with Crippen LogP contribution in [0.1, 0.15) is 29.6 Å². The molecule has 1 saturated heterocycles. The Morgan fingerprint density at radius 2 is 2.05 bits per heavy atom. The number of piperidine rings is 1. The van der Waals surface area contributed by atoms with Crippen LogP contribution in [-0.2, 0) is 4.79 Å². The van der Waals surface area contributed by atoms with Gasteiger partial charge in [0.2, 0.25) is 11.8 Å². The summed E-state index contributed by atoms with van der Waals surface area (Å²) in [5, 5.41) is 5.73. The summed E-state index contributed by atoms with van der Waals surface area (Å²) in [4.78, 5) is 22.9. The van der Waals surface area contributed by atoms with E-state index >= 15 is 0 Å². The Labute approximate surface area is 116 Å². The summed E-state index contributed by atoms with van der Waals surface area (Å²) in [6.45, 7) is 1.81. The number of anilines is 1. The molecule has 0 aromatic heterocycles. The van der Waals surface area contributed by atoms with Gasteiger partial charge in [0, 0.05) is 12.0 Å². The van der Waals surface area contributed by atoms with Gasteiger partial charge in [0.05, 0.1) is 5.69 Å². The third kappa shape index (κ3) is 3.77. The first-order chi connectivity index (χ1) is 9.56. The predicted molar refractivity (Wildman–Crippen MR) is 73.8 cm³/mol. The maximum absolute atomic E-state index is 13.6. The number of primary amides is 1. The molecule has 0 aliphatic carbocycles. The van der Waals surface area contributed by atoms with E-state index in [9.17, 15) is 14.0 Å². The SMILES string of the molecule is NC(=O)c1ccc(F)c(NC(=O)CC2CCNCC2)c1. The fourth-order valence-corrected chi connectivity index (χ4v) is 2.32. The van der Waals surface area contributed by atoms with Crippen LogP contribution in [0.5, 0.6) is 0 Å². The van der Waals surface area contributed by atoms with Crippen LogP contribution in [-0.4, -0.2) is 24.9 Å². The van der Waals surface area contributed by atoms with Crippen LogP contribution < -0.4 is 16.4 Å². The minimum atomic E-state index is -0.654. The highest BCUT2D eigenvalue weighted by Crippen LogP contribution is 2.19. The second kappa shape index (κ2) is 6.47. The van der Waals surface area contributed by atoms with Gasteiger partial charge in [-0.15, -0.1) is 0 Å². The number of hydrogen-bond acceptors (Lipinski definition) is 3. The predicted octanol–water partition coefficient (Wildman–Crippen LogP) is 1.25. The zero-order chi connectivity index (χ0) is 14.5. The Hall–Kier alpha value is -1.95. The van der Waals surface area contributed by atoms with E-state index in [2.05, 4.69) is 10.6 Å². The zero-order valence-corrected chi connectivity index (χ0v) is 11.1. The molecule has 2 rings (SSSR count). The van der Waals surface area contributed by atoms with Gasteiger partial charge < -0.3 is 16.4 Å². The number of amides is 2. The van der Waals surface area contributed by atoms with E-state index in [1.54, 1.807) is 0 Å². The third-order valence-electron chi connectivity index (χ3n) is 3.46. The smallest absolute Gasteiger partial charge is 0.248 e. The van der Waals surface area contributed by atoms with Gasteiger partial charge in [-0.3, -0.25) is 9.59 Å². The number of benzene rings is 1. The molecule has 1 aromatic rings. The number of halogens is 1. The molecule has 108 valence electrons. The van der Waals surface area contributed by atoms with Gasteiger partial charge >= 0.3 is 0 Å². The molecule has 0 spiro atoms. The van der Waals surface area contributed by atoms with E-state index < -0.39 is 11.7 Å². The summed E-state index contributed by atoms with van der Waals surface area (Å²) in [5.74, 6) is -1.15. The van der Waals surface area contributed by atoms with Gasteiger partial charge in [-0.25, -0.2) is 4.39 Å². The van der Waals surface area contributed by atoms with Crippen molar-refractivity contribution in [1.82, 2.24) is 5.32 Å². The van der Waals surface area contributed by atoms with Crippen LogP contribution in [0.25, 0.3) is 0 Å². The lowest BCUT2D eigenvalue weighted by atomic mass is 9.94. The normalized spacial score (nSPS) is 15.8. The van der Waals surface area contributed by atoms with Crippen LogP contribution in [0, 0.1) is 11.7 Å². The Morgan fingerprint density at radius 3 is 2.70 bits per heavy atom. The molecule has 2 amide bonds. The van der Waals surface area contributed by atoms with E-state index in [1.165, 1.54) is 12.1 Å². The highest BCUT2D eigenvalue weighted by Gasteiger charge is 2.18. The molecule has 1 heterocycles. The Kier molecular flexibility index (Phi) is 4.68. The third-order valence-corrected chi connectivity index (χ3v) is 3.46. The lowest BCUT2D eigenvalue weighted by Gasteiger charge is -2.22. The van der Waals surface area contributed by atoms with Crippen molar-refractivity contribution in [2.24, 2.45) is 11.7 Å². The molecular weight excluding hydrogens is 261 g/mol. The number of nitrogens with two attached hydrogens (primary N) is 1. The Morgan fingerprint density at radius 1 is 1.35 bits per heavy atom. The van der Waals surface area contributed by atoms with E-state index in [1.807, 2.05) is 0 Å². The first kappa shape index (κ1) is 14.5. The average Bonchev–Trinajstić information content (AvgIpc) is 2.42. The highest BCUT2D eigenvalue weighted by atomic mass is 19.1.